The van der Waals surface area contributed by atoms with Crippen LogP contribution < -0.4 is 5.32 Å². The molecule has 10 heteroatoms. The molecular formula is C11H16N6OS3. The van der Waals surface area contributed by atoms with Gasteiger partial charge in [-0.25, -0.2) is 4.98 Å². The van der Waals surface area contributed by atoms with E-state index in [9.17, 15) is 4.79 Å². The first kappa shape index (κ1) is 16.2. The number of H-pyrrole nitrogens is 1. The van der Waals surface area contributed by atoms with Crippen molar-refractivity contribution in [2.75, 3.05) is 18.1 Å². The average Bonchev–Trinajstić information content (AvgIpc) is 3.05. The lowest BCUT2D eigenvalue weighted by Crippen LogP contribution is -2.26. The molecule has 0 bridgehead atoms. The summed E-state index contributed by atoms with van der Waals surface area (Å²) in [5.74, 6) is 2.00. The Morgan fingerprint density at radius 2 is 2.19 bits per heavy atom. The Kier molecular flexibility index (Phi) is 6.46. The van der Waals surface area contributed by atoms with Gasteiger partial charge in [-0.1, -0.05) is 34.9 Å². The maximum absolute atomic E-state index is 11.6. The Labute approximate surface area is 135 Å². The van der Waals surface area contributed by atoms with Crippen molar-refractivity contribution in [2.24, 2.45) is 0 Å². The van der Waals surface area contributed by atoms with Gasteiger partial charge in [-0.05, 0) is 20.3 Å². The van der Waals surface area contributed by atoms with Crippen LogP contribution in [0, 0.1) is 13.8 Å². The summed E-state index contributed by atoms with van der Waals surface area (Å²) < 4.78 is 0.981. The number of nitrogens with one attached hydrogen (secondary N) is 2. The zero-order valence-corrected chi connectivity index (χ0v) is 14.2. The van der Waals surface area contributed by atoms with E-state index in [0.29, 0.717) is 17.5 Å². The number of hydrogen-bond donors (Lipinski definition) is 2. The molecule has 21 heavy (non-hydrogen) atoms. The van der Waals surface area contributed by atoms with E-state index in [1.807, 2.05) is 13.8 Å². The molecule has 0 saturated carbocycles. The molecule has 0 radical (unpaired) electrons. The molecule has 7 nitrogen and oxygen atoms in total. The van der Waals surface area contributed by atoms with Gasteiger partial charge in [-0.15, -0.1) is 15.3 Å². The Morgan fingerprint density at radius 3 is 2.86 bits per heavy atom. The van der Waals surface area contributed by atoms with Crippen molar-refractivity contribution in [3.05, 3.63) is 10.8 Å². The number of amides is 1. The number of carbonyl (C=O) groups excluding carboxylic acids is 1. The number of aryl methyl sites for hydroxylation is 2. The van der Waals surface area contributed by atoms with Crippen LogP contribution in [0.2, 0.25) is 0 Å². The molecule has 0 spiro atoms. The first-order chi connectivity index (χ1) is 10.1. The Morgan fingerprint density at radius 1 is 1.33 bits per heavy atom. The standard InChI is InChI=1S/C11H16N6OS3/c1-7-13-10(16-14-7)20-6-9(18)12-4-3-5-19-11-17-15-8(2)21-11/h3-6H2,1-2H3,(H,12,18)(H,13,14,16). The van der Waals surface area contributed by atoms with Gasteiger partial charge in [0.1, 0.15) is 10.8 Å². The maximum Gasteiger partial charge on any atom is 0.230 e. The monoisotopic (exact) mass is 344 g/mol. The molecule has 0 aliphatic rings. The van der Waals surface area contributed by atoms with Crippen molar-refractivity contribution < 1.29 is 4.79 Å². The summed E-state index contributed by atoms with van der Waals surface area (Å²) in [6.45, 7) is 4.43. The number of thioether (sulfide) groups is 2. The van der Waals surface area contributed by atoms with Gasteiger partial charge in [0.2, 0.25) is 11.1 Å². The average molecular weight is 344 g/mol. The molecule has 114 valence electrons. The smallest absolute Gasteiger partial charge is 0.230 e. The molecular weight excluding hydrogens is 328 g/mol. The molecule has 0 aliphatic heterocycles. The highest BCUT2D eigenvalue weighted by Gasteiger charge is 2.06. The number of rotatable bonds is 8. The predicted octanol–water partition coefficient (Wildman–Crippen LogP) is 1.66. The SMILES string of the molecule is Cc1nc(SCC(=O)NCCCSc2nnc(C)s2)n[nH]1. The van der Waals surface area contributed by atoms with E-state index in [1.54, 1.807) is 23.1 Å². The van der Waals surface area contributed by atoms with E-state index in [2.05, 4.69) is 30.7 Å². The fourth-order valence-electron chi connectivity index (χ4n) is 1.36. The van der Waals surface area contributed by atoms with E-state index in [4.69, 9.17) is 0 Å². The third-order valence-electron chi connectivity index (χ3n) is 2.29. The normalized spacial score (nSPS) is 10.8. The fraction of sp³-hybridized carbons (Fsp3) is 0.545. The third-order valence-corrected chi connectivity index (χ3v) is 5.19. The van der Waals surface area contributed by atoms with Crippen molar-refractivity contribution in [3.63, 3.8) is 0 Å². The van der Waals surface area contributed by atoms with E-state index in [1.165, 1.54) is 11.8 Å². The third kappa shape index (κ3) is 6.02. The molecule has 0 fully saturated rings. The van der Waals surface area contributed by atoms with Gasteiger partial charge < -0.3 is 5.32 Å². The molecule has 2 heterocycles. The summed E-state index contributed by atoms with van der Waals surface area (Å²) in [6.07, 6.45) is 0.902. The highest BCUT2D eigenvalue weighted by Crippen LogP contribution is 2.22. The van der Waals surface area contributed by atoms with Crippen LogP contribution >= 0.6 is 34.9 Å². The van der Waals surface area contributed by atoms with E-state index >= 15 is 0 Å². The molecule has 0 aliphatic carbocycles. The molecule has 0 unspecified atom stereocenters. The van der Waals surface area contributed by atoms with Gasteiger partial charge in [0.05, 0.1) is 5.75 Å². The van der Waals surface area contributed by atoms with Crippen molar-refractivity contribution >= 4 is 40.8 Å². The van der Waals surface area contributed by atoms with Crippen molar-refractivity contribution in [2.45, 2.75) is 29.8 Å². The van der Waals surface area contributed by atoms with E-state index in [0.717, 1.165) is 27.3 Å². The second-order valence-electron chi connectivity index (χ2n) is 4.13. The van der Waals surface area contributed by atoms with E-state index < -0.39 is 0 Å². The van der Waals surface area contributed by atoms with Crippen LogP contribution in [0.4, 0.5) is 0 Å². The minimum atomic E-state index is -0.000729. The Balaban J connectivity index is 1.53. The Hall–Kier alpha value is -1.13. The summed E-state index contributed by atoms with van der Waals surface area (Å²) in [7, 11) is 0. The second kappa shape index (κ2) is 8.35. The minimum Gasteiger partial charge on any atom is -0.355 e. The van der Waals surface area contributed by atoms with Crippen LogP contribution in [0.1, 0.15) is 17.3 Å². The number of nitrogens with zero attached hydrogens (tertiary/aromatic N) is 4. The summed E-state index contributed by atoms with van der Waals surface area (Å²) in [4.78, 5) is 15.8. The molecule has 0 aromatic carbocycles. The van der Waals surface area contributed by atoms with Gasteiger partial charge in [0.25, 0.3) is 0 Å². The van der Waals surface area contributed by atoms with Gasteiger partial charge in [0, 0.05) is 12.3 Å². The number of carbonyl (C=O) groups is 1. The summed E-state index contributed by atoms with van der Waals surface area (Å²) in [5.41, 5.74) is 0. The van der Waals surface area contributed by atoms with Crippen LogP contribution in [-0.2, 0) is 4.79 Å². The lowest BCUT2D eigenvalue weighted by atomic mass is 10.5. The highest BCUT2D eigenvalue weighted by molar-refractivity contribution is 8.01. The van der Waals surface area contributed by atoms with E-state index in [-0.39, 0.29) is 5.91 Å². The summed E-state index contributed by atoms with van der Waals surface area (Å²) >= 11 is 4.59. The summed E-state index contributed by atoms with van der Waals surface area (Å²) in [6, 6.07) is 0. The Bertz CT molecular complexity index is 584. The molecule has 2 rings (SSSR count). The highest BCUT2D eigenvalue weighted by atomic mass is 32.2. The van der Waals surface area contributed by atoms with Crippen molar-refractivity contribution in [1.82, 2.24) is 30.7 Å². The summed E-state index contributed by atoms with van der Waals surface area (Å²) in [5, 5.41) is 19.2. The quantitative estimate of drug-likeness (QED) is 0.555. The van der Waals surface area contributed by atoms with Crippen LogP contribution in [0.5, 0.6) is 0 Å². The number of hydrogen-bond acceptors (Lipinski definition) is 8. The van der Waals surface area contributed by atoms with Gasteiger partial charge in [-0.3, -0.25) is 9.89 Å². The number of aromatic amines is 1. The molecule has 2 aromatic rings. The van der Waals surface area contributed by atoms with Crippen LogP contribution in [-0.4, -0.2) is 49.3 Å². The van der Waals surface area contributed by atoms with Gasteiger partial charge in [-0.2, -0.15) is 0 Å². The van der Waals surface area contributed by atoms with Gasteiger partial charge >= 0.3 is 0 Å². The maximum atomic E-state index is 11.6. The molecule has 1 amide bonds. The van der Waals surface area contributed by atoms with Crippen LogP contribution in [0.15, 0.2) is 9.50 Å². The first-order valence-corrected chi connectivity index (χ1v) is 9.13. The largest absolute Gasteiger partial charge is 0.355 e. The number of aromatic nitrogens is 5. The van der Waals surface area contributed by atoms with Gasteiger partial charge in [0.15, 0.2) is 4.34 Å². The molecule has 2 aromatic heterocycles. The topological polar surface area (TPSA) is 96.5 Å². The minimum absolute atomic E-state index is 0.000729. The second-order valence-corrected chi connectivity index (χ2v) is 7.60. The lowest BCUT2D eigenvalue weighted by Gasteiger charge is -2.03. The van der Waals surface area contributed by atoms with Crippen molar-refractivity contribution in [3.8, 4) is 0 Å². The predicted molar refractivity (Wildman–Crippen MR) is 84.8 cm³/mol. The van der Waals surface area contributed by atoms with Crippen molar-refractivity contribution in [1.29, 1.82) is 0 Å². The lowest BCUT2D eigenvalue weighted by molar-refractivity contribution is -0.118. The van der Waals surface area contributed by atoms with Crippen LogP contribution in [0.3, 0.4) is 0 Å². The zero-order valence-electron chi connectivity index (χ0n) is 11.8. The zero-order chi connectivity index (χ0) is 15.1. The first-order valence-electron chi connectivity index (χ1n) is 6.35. The molecule has 0 atom stereocenters. The van der Waals surface area contributed by atoms with Crippen LogP contribution in [0.25, 0.3) is 0 Å². The molecule has 0 saturated heterocycles. The molecule has 2 N–H and O–H groups in total. The fourth-order valence-corrected chi connectivity index (χ4v) is 3.86.